The number of halogens is 2. The third-order valence-corrected chi connectivity index (χ3v) is 12.3. The number of methoxy groups -OCH3 is 1. The van der Waals surface area contributed by atoms with Gasteiger partial charge in [-0.1, -0.05) is 29.8 Å². The van der Waals surface area contributed by atoms with Crippen molar-refractivity contribution in [1.82, 2.24) is 4.72 Å². The summed E-state index contributed by atoms with van der Waals surface area (Å²) in [6, 6.07) is 11.3. The standard InChI is InChI=1S/C33H40ClFN2O5S/c1-21-24(17-35)5-3-7-30(41-2)27-11-8-25(27)18-37-19-33(14-4-6-22-15-26(34)10-12-28(22)33)20-42-31-13-9-23(16-29(31)37)32(38)36-43(21,39)40/h3,7,9-10,12-13,15-16,21,24-25,27,30H,4-6,8,11,14,17-20H2,1-2H3,(H,36,38)/b7-3-/t21-,24-,25+,27-,30+,33+/m1/s1. The molecule has 6 atom stereocenters. The molecular weight excluding hydrogens is 591 g/mol. The molecule has 1 N–H and O–H groups in total. The zero-order valence-electron chi connectivity index (χ0n) is 24.7. The largest absolute Gasteiger partial charge is 0.490 e. The van der Waals surface area contributed by atoms with E-state index in [0.717, 1.165) is 49.4 Å². The molecule has 10 heteroatoms. The maximum atomic E-state index is 14.0. The smallest absolute Gasteiger partial charge is 0.264 e. The molecule has 4 aliphatic rings. The van der Waals surface area contributed by atoms with E-state index < -0.39 is 33.8 Å². The number of alkyl halides is 1. The molecule has 0 radical (unpaired) electrons. The van der Waals surface area contributed by atoms with E-state index in [1.165, 1.54) is 18.1 Å². The molecule has 0 aromatic heterocycles. The second kappa shape index (κ2) is 12.1. The number of fused-ring (bicyclic) bond motifs is 4. The van der Waals surface area contributed by atoms with Crippen LogP contribution in [0.15, 0.2) is 48.6 Å². The van der Waals surface area contributed by atoms with Gasteiger partial charge in [-0.15, -0.1) is 0 Å². The van der Waals surface area contributed by atoms with Gasteiger partial charge in [0.2, 0.25) is 10.0 Å². The monoisotopic (exact) mass is 630 g/mol. The van der Waals surface area contributed by atoms with Crippen molar-refractivity contribution in [3.63, 3.8) is 0 Å². The molecule has 6 rings (SSSR count). The predicted molar refractivity (Wildman–Crippen MR) is 166 cm³/mol. The molecule has 2 aliphatic carbocycles. The zero-order chi connectivity index (χ0) is 30.4. The van der Waals surface area contributed by atoms with Gasteiger partial charge in [0.15, 0.2) is 0 Å². The summed E-state index contributed by atoms with van der Waals surface area (Å²) >= 11 is 6.39. The van der Waals surface area contributed by atoms with Crippen molar-refractivity contribution in [3.8, 4) is 5.75 Å². The molecule has 7 nitrogen and oxygen atoms in total. The van der Waals surface area contributed by atoms with Gasteiger partial charge in [0.1, 0.15) is 5.75 Å². The number of aryl methyl sites for hydroxylation is 1. The van der Waals surface area contributed by atoms with Crippen LogP contribution in [0.3, 0.4) is 0 Å². The van der Waals surface area contributed by atoms with Crippen molar-refractivity contribution in [2.24, 2.45) is 17.8 Å². The van der Waals surface area contributed by atoms with E-state index in [4.69, 9.17) is 21.1 Å². The molecule has 1 saturated carbocycles. The van der Waals surface area contributed by atoms with Gasteiger partial charge in [0, 0.05) is 42.1 Å². The molecule has 2 aromatic carbocycles. The predicted octanol–water partition coefficient (Wildman–Crippen LogP) is 5.85. The summed E-state index contributed by atoms with van der Waals surface area (Å²) in [5, 5.41) is -0.371. The lowest BCUT2D eigenvalue weighted by Gasteiger charge is -2.46. The van der Waals surface area contributed by atoms with Crippen molar-refractivity contribution in [2.45, 2.75) is 62.2 Å². The minimum absolute atomic E-state index is 0.154. The lowest BCUT2D eigenvalue weighted by atomic mass is 9.68. The number of ether oxygens (including phenoxy) is 2. The van der Waals surface area contributed by atoms with Gasteiger partial charge in [0.05, 0.1) is 30.3 Å². The van der Waals surface area contributed by atoms with Crippen LogP contribution in [-0.2, 0) is 26.6 Å². The lowest BCUT2D eigenvalue weighted by Crippen LogP contribution is -2.49. The van der Waals surface area contributed by atoms with Gasteiger partial charge in [0.25, 0.3) is 5.91 Å². The Morgan fingerprint density at radius 3 is 2.79 bits per heavy atom. The summed E-state index contributed by atoms with van der Waals surface area (Å²) in [6.07, 6.45) is 8.89. The van der Waals surface area contributed by atoms with E-state index >= 15 is 0 Å². The number of carbonyl (C=O) groups excluding carboxylic acids is 1. The van der Waals surface area contributed by atoms with E-state index in [0.29, 0.717) is 24.8 Å². The SMILES string of the molecule is CO[C@H]1/C=C\C[C@H](CF)[C@@H](C)S(=O)(=O)NC(=O)c2ccc3c(c2)N(C[C@@H]2CC[C@H]21)C[C@@]1(CCCc2cc(Cl)ccc21)CO3. The number of anilines is 1. The third-order valence-electron chi connectivity index (χ3n) is 10.3. The van der Waals surface area contributed by atoms with Crippen molar-refractivity contribution >= 4 is 33.2 Å². The average molecular weight is 631 g/mol. The first-order valence-corrected chi connectivity index (χ1v) is 17.2. The Morgan fingerprint density at radius 2 is 2.05 bits per heavy atom. The molecule has 2 aliphatic heterocycles. The van der Waals surface area contributed by atoms with Crippen LogP contribution in [0.1, 0.15) is 60.5 Å². The van der Waals surface area contributed by atoms with Gasteiger partial charge in [-0.05, 0) is 98.7 Å². The zero-order valence-corrected chi connectivity index (χ0v) is 26.3. The molecule has 43 heavy (non-hydrogen) atoms. The number of benzene rings is 2. The fourth-order valence-corrected chi connectivity index (χ4v) is 8.94. The molecule has 2 heterocycles. The number of nitrogens with zero attached hydrogens (tertiary/aromatic N) is 1. The molecule has 1 fully saturated rings. The van der Waals surface area contributed by atoms with Crippen LogP contribution in [0.2, 0.25) is 5.02 Å². The van der Waals surface area contributed by atoms with Crippen LogP contribution in [0, 0.1) is 17.8 Å². The fourth-order valence-electron chi connectivity index (χ4n) is 7.49. The van der Waals surface area contributed by atoms with Gasteiger partial charge < -0.3 is 14.4 Å². The maximum absolute atomic E-state index is 14.0. The Labute approximate surface area is 258 Å². The Morgan fingerprint density at radius 1 is 1.21 bits per heavy atom. The van der Waals surface area contributed by atoms with E-state index in [-0.39, 0.29) is 29.4 Å². The summed E-state index contributed by atoms with van der Waals surface area (Å²) in [5.74, 6) is -0.237. The molecule has 1 amide bonds. The maximum Gasteiger partial charge on any atom is 0.264 e. The molecule has 2 aromatic rings. The average Bonchev–Trinajstić information content (AvgIpc) is 3.12. The lowest BCUT2D eigenvalue weighted by molar-refractivity contribution is 0.0131. The summed E-state index contributed by atoms with van der Waals surface area (Å²) in [6.45, 7) is 2.57. The van der Waals surface area contributed by atoms with E-state index in [9.17, 15) is 17.6 Å². The minimum atomic E-state index is -4.14. The van der Waals surface area contributed by atoms with E-state index in [1.807, 2.05) is 18.2 Å². The number of amides is 1. The van der Waals surface area contributed by atoms with Crippen LogP contribution in [-0.4, -0.2) is 59.2 Å². The van der Waals surface area contributed by atoms with Crippen molar-refractivity contribution in [3.05, 3.63) is 70.3 Å². The van der Waals surface area contributed by atoms with E-state index in [2.05, 4.69) is 21.8 Å². The number of nitrogens with one attached hydrogen (secondary N) is 1. The van der Waals surface area contributed by atoms with Crippen LogP contribution in [0.5, 0.6) is 5.75 Å². The highest BCUT2D eigenvalue weighted by molar-refractivity contribution is 7.90. The summed E-state index contributed by atoms with van der Waals surface area (Å²) in [7, 11) is -2.44. The second-order valence-electron chi connectivity index (χ2n) is 12.7. The number of rotatable bonds is 2. The first-order chi connectivity index (χ1) is 20.6. The number of carbonyl (C=O) groups is 1. The summed E-state index contributed by atoms with van der Waals surface area (Å²) in [5.41, 5.74) is 3.24. The Hall–Kier alpha value is -2.62. The first-order valence-electron chi connectivity index (χ1n) is 15.3. The fraction of sp³-hybridized carbons (Fsp3) is 0.545. The number of allylic oxidation sites excluding steroid dienone is 1. The third kappa shape index (κ3) is 5.80. The first kappa shape index (κ1) is 30.4. The highest BCUT2D eigenvalue weighted by atomic mass is 35.5. The quantitative estimate of drug-likeness (QED) is 0.419. The van der Waals surface area contributed by atoms with Gasteiger partial charge in [-0.2, -0.15) is 0 Å². The van der Waals surface area contributed by atoms with Crippen LogP contribution < -0.4 is 14.4 Å². The van der Waals surface area contributed by atoms with Crippen molar-refractivity contribution in [1.29, 1.82) is 0 Å². The molecule has 232 valence electrons. The second-order valence-corrected chi connectivity index (χ2v) is 15.2. The molecule has 2 bridgehead atoms. The Kier molecular flexibility index (Phi) is 8.52. The highest BCUT2D eigenvalue weighted by Crippen LogP contribution is 2.47. The van der Waals surface area contributed by atoms with Crippen LogP contribution >= 0.6 is 11.6 Å². The normalized spacial score (nSPS) is 32.8. The van der Waals surface area contributed by atoms with Gasteiger partial charge in [-0.3, -0.25) is 9.18 Å². The number of sulfonamides is 1. The molecular formula is C33H40ClFN2O5S. The molecule has 0 unspecified atom stereocenters. The molecule has 1 spiro atoms. The minimum Gasteiger partial charge on any atom is -0.490 e. The number of hydrogen-bond acceptors (Lipinski definition) is 6. The number of hydrogen-bond donors (Lipinski definition) is 1. The van der Waals surface area contributed by atoms with Gasteiger partial charge >= 0.3 is 0 Å². The Bertz CT molecular complexity index is 1520. The molecule has 0 saturated heterocycles. The van der Waals surface area contributed by atoms with Crippen LogP contribution in [0.4, 0.5) is 10.1 Å². The Balaban J connectivity index is 1.43. The highest BCUT2D eigenvalue weighted by Gasteiger charge is 2.44. The van der Waals surface area contributed by atoms with Crippen molar-refractivity contribution in [2.75, 3.05) is 38.4 Å². The van der Waals surface area contributed by atoms with Crippen molar-refractivity contribution < 1.29 is 27.1 Å². The summed E-state index contributed by atoms with van der Waals surface area (Å²) in [4.78, 5) is 15.7. The summed E-state index contributed by atoms with van der Waals surface area (Å²) < 4.78 is 55.1. The van der Waals surface area contributed by atoms with Crippen LogP contribution in [0.25, 0.3) is 0 Å². The van der Waals surface area contributed by atoms with E-state index in [1.54, 1.807) is 25.3 Å². The topological polar surface area (TPSA) is 84.9 Å². The van der Waals surface area contributed by atoms with Gasteiger partial charge in [-0.25, -0.2) is 13.1 Å².